The van der Waals surface area contributed by atoms with Crippen molar-refractivity contribution in [2.24, 2.45) is 17.6 Å². The molecule has 2 aromatic rings. The van der Waals surface area contributed by atoms with Crippen molar-refractivity contribution in [3.05, 3.63) is 82.4 Å². The van der Waals surface area contributed by atoms with Gasteiger partial charge in [0.25, 0.3) is 5.91 Å². The Balaban J connectivity index is 1.38. The predicted octanol–water partition coefficient (Wildman–Crippen LogP) is 5.69. The van der Waals surface area contributed by atoms with Gasteiger partial charge in [0.1, 0.15) is 52.8 Å². The van der Waals surface area contributed by atoms with E-state index in [4.69, 9.17) is 45.8 Å². The predicted molar refractivity (Wildman–Crippen MR) is 341 cm³/mol. The number of aliphatic hydroxyl groups is 1. The molecule has 4 bridgehead atoms. The summed E-state index contributed by atoms with van der Waals surface area (Å²) in [6, 6.07) is 2.05. The van der Waals surface area contributed by atoms with Gasteiger partial charge < -0.3 is 70.3 Å². The van der Waals surface area contributed by atoms with Crippen molar-refractivity contribution >= 4 is 102 Å². The molecule has 2 fully saturated rings. The lowest BCUT2D eigenvalue weighted by Crippen LogP contribution is -2.63. The number of carbonyl (C=O) groups is 9. The van der Waals surface area contributed by atoms with Crippen LogP contribution in [-0.2, 0) is 68.7 Å². The van der Waals surface area contributed by atoms with Gasteiger partial charge in [0.2, 0.25) is 23.6 Å². The number of ether oxygens (including phenoxy) is 6. The van der Waals surface area contributed by atoms with Crippen LogP contribution in [0.2, 0.25) is 5.02 Å². The molecule has 3 heterocycles. The SMILES string of the molecule is C=C(CBr)C(=O)OC(C)CCCCC(=O)N[C@H](C(=O)N[C@@H](CCCNC(N)=O)C(=O)Nc1ccc(C(=O)N(C)[C@@H](C)C(=O)O[C@H]2CC(=O)N(C)c3cc(cc(OC)c3Cl)C/C(C)=C/C=C/[C@@H](OC)[C@@]3(O)C[C@H](OC(=O)N3)[C@@H](C)[C@@H]3O[C@@]23C)cc1S(C)(=O)=O)C(C)C. The topological polar surface area (TPSA) is 359 Å². The highest BCUT2D eigenvalue weighted by Gasteiger charge is 2.64. The van der Waals surface area contributed by atoms with Gasteiger partial charge in [-0.15, -0.1) is 0 Å². The number of likely N-dealkylation sites (N-methyl/N-ethyl adjacent to an activating group) is 1. The van der Waals surface area contributed by atoms with E-state index in [1.165, 1.54) is 46.2 Å². The molecule has 0 saturated carbocycles. The van der Waals surface area contributed by atoms with E-state index in [9.17, 15) is 56.7 Å². The molecule has 3 aliphatic heterocycles. The van der Waals surface area contributed by atoms with E-state index in [2.05, 4.69) is 49.1 Å². The normalized spacial score (nSPS) is 24.0. The molecule has 26 nitrogen and oxygen atoms in total. The number of alkyl halides is 1. The van der Waals surface area contributed by atoms with Crippen molar-refractivity contribution in [3.63, 3.8) is 0 Å². The minimum atomic E-state index is -4.28. The number of fused-ring (bicyclic) bond motifs is 5. The van der Waals surface area contributed by atoms with Crippen LogP contribution in [0.1, 0.15) is 116 Å². The number of nitrogens with one attached hydrogen (secondary N) is 5. The van der Waals surface area contributed by atoms with Crippen molar-refractivity contribution in [3.8, 4) is 5.75 Å². The van der Waals surface area contributed by atoms with Gasteiger partial charge >= 0.3 is 24.1 Å². The fraction of sp³-hybridized carbons (Fsp3) is 0.565. The molecule has 0 aromatic heterocycles. The molecule has 502 valence electrons. The minimum Gasteiger partial charge on any atom is -0.495 e. The maximum absolute atomic E-state index is 14.6. The zero-order chi connectivity index (χ0) is 68.0. The zero-order valence-electron chi connectivity index (χ0n) is 53.4. The molecule has 5 rings (SSSR count). The molecule has 8 amide bonds. The number of esters is 2. The lowest BCUT2D eigenvalue weighted by molar-refractivity contribution is -0.158. The van der Waals surface area contributed by atoms with Gasteiger partial charge in [-0.05, 0) is 108 Å². The van der Waals surface area contributed by atoms with Gasteiger partial charge in [0.15, 0.2) is 15.6 Å². The Morgan fingerprint density at radius 2 is 1.71 bits per heavy atom. The summed E-state index contributed by atoms with van der Waals surface area (Å²) >= 11 is 10.0. The Morgan fingerprint density at radius 3 is 2.34 bits per heavy atom. The largest absolute Gasteiger partial charge is 0.495 e. The summed E-state index contributed by atoms with van der Waals surface area (Å²) in [6.45, 7) is 15.3. The van der Waals surface area contributed by atoms with Crippen LogP contribution >= 0.6 is 27.5 Å². The number of methoxy groups -OCH3 is 2. The fourth-order valence-corrected chi connectivity index (χ4v) is 12.0. The number of primary amides is 1. The minimum absolute atomic E-state index is 0.00793. The van der Waals surface area contributed by atoms with E-state index in [0.717, 1.165) is 28.9 Å². The molecule has 0 spiro atoms. The summed E-state index contributed by atoms with van der Waals surface area (Å²) in [5.74, 6) is -5.99. The smallest absolute Gasteiger partial charge is 0.409 e. The van der Waals surface area contributed by atoms with Crippen LogP contribution in [0.3, 0.4) is 0 Å². The first kappa shape index (κ1) is 74.6. The summed E-state index contributed by atoms with van der Waals surface area (Å²) in [5, 5.41) is 25.1. The van der Waals surface area contributed by atoms with Crippen LogP contribution in [0.15, 0.2) is 71.2 Å². The Labute approximate surface area is 544 Å². The molecule has 0 aliphatic carbocycles. The van der Waals surface area contributed by atoms with Gasteiger partial charge in [0, 0.05) is 69.2 Å². The van der Waals surface area contributed by atoms with E-state index in [1.54, 1.807) is 65.0 Å². The number of sulfone groups is 1. The van der Waals surface area contributed by atoms with E-state index in [1.807, 2.05) is 6.92 Å². The third-order valence-corrected chi connectivity index (χ3v) is 18.4. The highest BCUT2D eigenvalue weighted by molar-refractivity contribution is 9.09. The second kappa shape index (κ2) is 32.4. The van der Waals surface area contributed by atoms with Crippen molar-refractivity contribution in [2.45, 2.75) is 171 Å². The highest BCUT2D eigenvalue weighted by Crippen LogP contribution is 2.49. The van der Waals surface area contributed by atoms with Gasteiger partial charge in [-0.1, -0.05) is 78.7 Å². The zero-order valence-corrected chi connectivity index (χ0v) is 56.6. The number of alkyl carbamates (subject to hydrolysis) is 1. The van der Waals surface area contributed by atoms with E-state index in [0.29, 0.717) is 31.2 Å². The number of hydrogen-bond donors (Lipinski definition) is 7. The second-order valence-electron chi connectivity index (χ2n) is 23.8. The summed E-state index contributed by atoms with van der Waals surface area (Å²) in [5.41, 5.74) is 3.42. The molecule has 11 atom stereocenters. The highest BCUT2D eigenvalue weighted by atomic mass is 79.9. The first-order valence-corrected chi connectivity index (χ1v) is 33.1. The summed E-state index contributed by atoms with van der Waals surface area (Å²) < 4.78 is 61.9. The van der Waals surface area contributed by atoms with Crippen molar-refractivity contribution < 1.29 is 85.1 Å². The average Bonchev–Trinajstić information content (AvgIpc) is 1.59. The number of carbonyl (C=O) groups excluding carboxylic acids is 9. The Morgan fingerprint density at radius 1 is 1.02 bits per heavy atom. The number of hydrogen-bond acceptors (Lipinski definition) is 18. The number of nitrogens with two attached hydrogens (primary N) is 1. The summed E-state index contributed by atoms with van der Waals surface area (Å²) in [6.07, 6.45) is 1.38. The molecule has 2 aromatic carbocycles. The number of urea groups is 1. The summed E-state index contributed by atoms with van der Waals surface area (Å²) in [4.78, 5) is 123. The molecule has 0 radical (unpaired) electrons. The van der Waals surface area contributed by atoms with Gasteiger partial charge in [0.05, 0.1) is 42.0 Å². The molecular weight excluding hydrogens is 1290 g/mol. The number of halogens is 2. The number of allylic oxidation sites excluding steroid dienone is 3. The maximum Gasteiger partial charge on any atom is 0.409 e. The lowest BCUT2D eigenvalue weighted by atomic mass is 9.83. The molecule has 91 heavy (non-hydrogen) atoms. The quantitative estimate of drug-likeness (QED) is 0.0157. The van der Waals surface area contributed by atoms with Crippen LogP contribution in [0.5, 0.6) is 5.75 Å². The van der Waals surface area contributed by atoms with E-state index in [-0.39, 0.29) is 70.8 Å². The van der Waals surface area contributed by atoms with Crippen LogP contribution in [-0.4, -0.2) is 178 Å². The Bertz CT molecular complexity index is 3260. The molecule has 3 aliphatic rings. The maximum atomic E-state index is 14.6. The van der Waals surface area contributed by atoms with Crippen LogP contribution < -0.4 is 42.0 Å². The third-order valence-electron chi connectivity index (χ3n) is 16.2. The van der Waals surface area contributed by atoms with Crippen LogP contribution in [0.4, 0.5) is 21.0 Å². The molecule has 1 unspecified atom stereocenters. The number of unbranched alkanes of at least 4 members (excludes halogenated alkanes) is 1. The molecule has 29 heteroatoms. The third kappa shape index (κ3) is 19.9. The number of amides is 8. The second-order valence-corrected chi connectivity index (χ2v) is 26.7. The first-order chi connectivity index (χ1) is 42.6. The van der Waals surface area contributed by atoms with Crippen LogP contribution in [0, 0.1) is 11.8 Å². The van der Waals surface area contributed by atoms with Crippen molar-refractivity contribution in [2.75, 3.05) is 56.7 Å². The lowest BCUT2D eigenvalue weighted by Gasteiger charge is -2.42. The number of rotatable bonds is 25. The fourth-order valence-electron chi connectivity index (χ4n) is 10.6. The van der Waals surface area contributed by atoms with Gasteiger partial charge in [-0.25, -0.2) is 27.6 Å². The molecular formula is C62H86BrClN8O18S. The number of benzene rings is 2. The summed E-state index contributed by atoms with van der Waals surface area (Å²) in [7, 11) is 1.29. The Hall–Kier alpha value is -7.11. The van der Waals surface area contributed by atoms with Crippen molar-refractivity contribution in [1.82, 2.24) is 26.2 Å². The van der Waals surface area contributed by atoms with E-state index < -0.39 is 147 Å². The first-order valence-electron chi connectivity index (χ1n) is 29.7. The van der Waals surface area contributed by atoms with Gasteiger partial charge in [-0.3, -0.25) is 29.3 Å². The van der Waals surface area contributed by atoms with Crippen molar-refractivity contribution in [1.29, 1.82) is 0 Å². The number of nitrogens with zero attached hydrogens (tertiary/aromatic N) is 2. The number of anilines is 2. The average molecular weight is 1380 g/mol. The standard InChI is InChI=1S/C62H86BrClN8O18S/c1-33(2)52(69-49(73)22-15-14-19-36(5)87-57(78)35(4)32-63)55(76)68-42(20-17-25-66-59(65)80)54(75)67-41-24-23-40(29-46(41)91(13,83)84)56(77)71(9)38(7)58(79)89-48-30-50(74)72(10)43-27-39(28-44(85-11)51(43)64)26-34(3)18-16-21-47(86-12)62(82)31-45(88-60(81)70-62)37(6)53-61(48,8)90-53/h16,18,21,23-24,27-29,33,36-38,42,45,47-48,52-53,82H,4,14-15,17,19-20,22,25-26,30-32H2,1-3,5-13H3,(H,67,75)(H,68,76)(H,69,73)(H,70,81)(H3,65,66,80)/b21-16+,34-18+/t36?,37-,38+,42+,45+,47-,48+,52+,53+,61+,62+/m1/s1. The van der Waals surface area contributed by atoms with E-state index >= 15 is 0 Å². The number of epoxide rings is 1. The Kier molecular flexibility index (Phi) is 26.6. The van der Waals surface area contributed by atoms with Gasteiger partial charge in [-0.2, -0.15) is 0 Å². The van der Waals surface area contributed by atoms with Crippen LogP contribution in [0.25, 0.3) is 0 Å². The molecule has 8 N–H and O–H groups in total. The molecule has 2 saturated heterocycles. The monoisotopic (exact) mass is 1380 g/mol.